The molecule has 2 unspecified atom stereocenters. The lowest BCUT2D eigenvalue weighted by Crippen LogP contribution is -2.58. The summed E-state index contributed by atoms with van der Waals surface area (Å²) >= 11 is 0. The molecule has 1 aliphatic heterocycles. The fourth-order valence-corrected chi connectivity index (χ4v) is 3.54. The average molecular weight is 288 g/mol. The van der Waals surface area contributed by atoms with Crippen LogP contribution in [0, 0.1) is 0 Å². The number of nitrogens with two attached hydrogens (primary N) is 1. The maximum Gasteiger partial charge on any atom is 0.240 e. The van der Waals surface area contributed by atoms with E-state index in [1.807, 2.05) is 35.2 Å². The Labute approximate surface area is 126 Å². The van der Waals surface area contributed by atoms with Crippen molar-refractivity contribution in [2.75, 3.05) is 13.2 Å². The van der Waals surface area contributed by atoms with Crippen LogP contribution in [-0.2, 0) is 16.0 Å². The fraction of sp³-hybridized carbons (Fsp3) is 0.588. The number of hydrogen-bond donors (Lipinski definition) is 1. The van der Waals surface area contributed by atoms with Crippen LogP contribution >= 0.6 is 0 Å². The smallest absolute Gasteiger partial charge is 0.240 e. The molecule has 1 aromatic rings. The monoisotopic (exact) mass is 288 g/mol. The molecule has 21 heavy (non-hydrogen) atoms. The van der Waals surface area contributed by atoms with Crippen LogP contribution in [0.25, 0.3) is 0 Å². The van der Waals surface area contributed by atoms with Gasteiger partial charge in [-0.25, -0.2) is 0 Å². The van der Waals surface area contributed by atoms with Crippen LogP contribution < -0.4 is 5.73 Å². The van der Waals surface area contributed by atoms with Gasteiger partial charge < -0.3 is 15.4 Å². The van der Waals surface area contributed by atoms with E-state index in [1.165, 1.54) is 12.8 Å². The zero-order valence-electron chi connectivity index (χ0n) is 12.4. The lowest BCUT2D eigenvalue weighted by Gasteiger charge is -2.44. The molecule has 0 spiro atoms. The third kappa shape index (κ3) is 3.27. The van der Waals surface area contributed by atoms with Crippen LogP contribution in [-0.4, -0.2) is 42.1 Å². The molecule has 2 N–H and O–H groups in total. The molecule has 1 aromatic carbocycles. The minimum Gasteiger partial charge on any atom is -0.374 e. The summed E-state index contributed by atoms with van der Waals surface area (Å²) in [7, 11) is 0. The van der Waals surface area contributed by atoms with Gasteiger partial charge in [0.2, 0.25) is 5.91 Å². The molecule has 1 heterocycles. The van der Waals surface area contributed by atoms with Crippen LogP contribution in [0.15, 0.2) is 30.3 Å². The van der Waals surface area contributed by atoms with Crippen molar-refractivity contribution < 1.29 is 9.53 Å². The van der Waals surface area contributed by atoms with Crippen LogP contribution in [0.2, 0.25) is 0 Å². The Kier molecular flexibility index (Phi) is 4.56. The van der Waals surface area contributed by atoms with E-state index in [4.69, 9.17) is 10.5 Å². The van der Waals surface area contributed by atoms with Crippen molar-refractivity contribution >= 4 is 5.91 Å². The van der Waals surface area contributed by atoms with Crippen molar-refractivity contribution in [3.63, 3.8) is 0 Å². The van der Waals surface area contributed by atoms with E-state index in [9.17, 15) is 4.79 Å². The van der Waals surface area contributed by atoms with Crippen molar-refractivity contribution in [1.29, 1.82) is 0 Å². The Morgan fingerprint density at radius 3 is 2.86 bits per heavy atom. The van der Waals surface area contributed by atoms with Gasteiger partial charge in [-0.2, -0.15) is 0 Å². The minimum atomic E-state index is -0.451. The summed E-state index contributed by atoms with van der Waals surface area (Å²) in [4.78, 5) is 14.7. The molecule has 0 bridgehead atoms. The van der Waals surface area contributed by atoms with E-state index in [2.05, 4.69) is 0 Å². The molecule has 0 aromatic heterocycles. The Morgan fingerprint density at radius 2 is 2.05 bits per heavy atom. The molecule has 1 saturated heterocycles. The van der Waals surface area contributed by atoms with Crippen LogP contribution in [0.3, 0.4) is 0 Å². The summed E-state index contributed by atoms with van der Waals surface area (Å²) in [6, 6.07) is 9.78. The molecular weight excluding hydrogens is 264 g/mol. The topological polar surface area (TPSA) is 55.6 Å². The van der Waals surface area contributed by atoms with Crippen LogP contribution in [0.5, 0.6) is 0 Å². The van der Waals surface area contributed by atoms with Crippen molar-refractivity contribution in [3.8, 4) is 0 Å². The standard InChI is InChI=1S/C17H24N2O2/c18-14(12-13-6-2-1-3-7-13)17(20)19-10-11-21-16-9-5-4-8-15(16)19/h1-3,6-7,14-16H,4-5,8-12,18H2/t14-,15?,16?/m1/s1. The zero-order chi connectivity index (χ0) is 14.7. The third-order valence-electron chi connectivity index (χ3n) is 4.63. The molecule has 2 aliphatic rings. The van der Waals surface area contributed by atoms with E-state index in [-0.39, 0.29) is 18.1 Å². The predicted molar refractivity (Wildman–Crippen MR) is 81.8 cm³/mol. The first-order valence-electron chi connectivity index (χ1n) is 7.97. The highest BCUT2D eigenvalue weighted by Crippen LogP contribution is 2.28. The molecular formula is C17H24N2O2. The molecule has 1 aliphatic carbocycles. The SMILES string of the molecule is N[C@H](Cc1ccccc1)C(=O)N1CCOC2CCCCC21. The fourth-order valence-electron chi connectivity index (χ4n) is 3.54. The van der Waals surface area contributed by atoms with E-state index < -0.39 is 6.04 Å². The van der Waals surface area contributed by atoms with Gasteiger partial charge in [-0.05, 0) is 24.8 Å². The second-order valence-electron chi connectivity index (χ2n) is 6.09. The van der Waals surface area contributed by atoms with Crippen LogP contribution in [0.1, 0.15) is 31.2 Å². The summed E-state index contributed by atoms with van der Waals surface area (Å²) in [5, 5.41) is 0. The van der Waals surface area contributed by atoms with Gasteiger partial charge in [-0.1, -0.05) is 43.2 Å². The first-order valence-corrected chi connectivity index (χ1v) is 7.97. The second-order valence-corrected chi connectivity index (χ2v) is 6.09. The average Bonchev–Trinajstić information content (AvgIpc) is 2.54. The summed E-state index contributed by atoms with van der Waals surface area (Å²) in [5.74, 6) is 0.0825. The van der Waals surface area contributed by atoms with Gasteiger partial charge in [0.25, 0.3) is 0 Å². The Balaban J connectivity index is 1.65. The van der Waals surface area contributed by atoms with Gasteiger partial charge in [0.15, 0.2) is 0 Å². The number of carbonyl (C=O) groups excluding carboxylic acids is 1. The molecule has 0 radical (unpaired) electrons. The van der Waals surface area contributed by atoms with E-state index >= 15 is 0 Å². The van der Waals surface area contributed by atoms with Crippen molar-refractivity contribution in [3.05, 3.63) is 35.9 Å². The highest BCUT2D eigenvalue weighted by atomic mass is 16.5. The molecule has 4 heteroatoms. The summed E-state index contributed by atoms with van der Waals surface area (Å²) < 4.78 is 5.83. The lowest BCUT2D eigenvalue weighted by atomic mass is 9.89. The third-order valence-corrected chi connectivity index (χ3v) is 4.63. The highest BCUT2D eigenvalue weighted by molar-refractivity contribution is 5.82. The molecule has 1 amide bonds. The molecule has 3 atom stereocenters. The summed E-state index contributed by atoms with van der Waals surface area (Å²) in [5.41, 5.74) is 7.29. The first-order chi connectivity index (χ1) is 10.3. The van der Waals surface area contributed by atoms with Gasteiger partial charge >= 0.3 is 0 Å². The minimum absolute atomic E-state index is 0.0825. The maximum atomic E-state index is 12.7. The number of ether oxygens (including phenoxy) is 1. The van der Waals surface area contributed by atoms with Crippen molar-refractivity contribution in [2.45, 2.75) is 50.3 Å². The van der Waals surface area contributed by atoms with Gasteiger partial charge in [0.05, 0.1) is 24.8 Å². The normalized spacial score (nSPS) is 27.0. The Morgan fingerprint density at radius 1 is 1.29 bits per heavy atom. The number of benzene rings is 1. The number of nitrogens with zero attached hydrogens (tertiary/aromatic N) is 1. The largest absolute Gasteiger partial charge is 0.374 e. The van der Waals surface area contributed by atoms with Gasteiger partial charge in [-0.3, -0.25) is 4.79 Å². The summed E-state index contributed by atoms with van der Waals surface area (Å²) in [6.45, 7) is 1.33. The number of hydrogen-bond acceptors (Lipinski definition) is 3. The number of fused-ring (bicyclic) bond motifs is 1. The Bertz CT molecular complexity index is 475. The predicted octanol–water partition coefficient (Wildman–Crippen LogP) is 1.73. The maximum absolute atomic E-state index is 12.7. The van der Waals surface area contributed by atoms with Crippen molar-refractivity contribution in [2.24, 2.45) is 5.73 Å². The molecule has 2 fully saturated rings. The molecule has 4 nitrogen and oxygen atoms in total. The van der Waals surface area contributed by atoms with E-state index in [0.717, 1.165) is 18.4 Å². The van der Waals surface area contributed by atoms with E-state index in [0.29, 0.717) is 19.6 Å². The van der Waals surface area contributed by atoms with Crippen molar-refractivity contribution in [1.82, 2.24) is 4.90 Å². The summed E-state index contributed by atoms with van der Waals surface area (Å²) in [6.07, 6.45) is 5.34. The number of amides is 1. The molecule has 114 valence electrons. The quantitative estimate of drug-likeness (QED) is 0.921. The number of morpholine rings is 1. The van der Waals surface area contributed by atoms with Gasteiger partial charge in [0.1, 0.15) is 0 Å². The highest BCUT2D eigenvalue weighted by Gasteiger charge is 2.37. The second kappa shape index (κ2) is 6.58. The number of carbonyl (C=O) groups is 1. The van der Waals surface area contributed by atoms with E-state index in [1.54, 1.807) is 0 Å². The molecule has 3 rings (SSSR count). The van der Waals surface area contributed by atoms with Gasteiger partial charge in [0, 0.05) is 6.54 Å². The zero-order valence-corrected chi connectivity index (χ0v) is 12.4. The lowest BCUT2D eigenvalue weighted by molar-refractivity contribution is -0.150. The van der Waals surface area contributed by atoms with Crippen LogP contribution in [0.4, 0.5) is 0 Å². The molecule has 1 saturated carbocycles. The first kappa shape index (κ1) is 14.5. The number of rotatable bonds is 3. The Hall–Kier alpha value is -1.39. The van der Waals surface area contributed by atoms with Gasteiger partial charge in [-0.15, -0.1) is 0 Å².